The van der Waals surface area contributed by atoms with E-state index in [1.54, 1.807) is 6.33 Å². The molecular weight excluding hydrogens is 344 g/mol. The van der Waals surface area contributed by atoms with Crippen molar-refractivity contribution in [1.82, 2.24) is 19.2 Å². The second-order valence-corrected chi connectivity index (χ2v) is 6.67. The molecule has 5 nitrogen and oxygen atoms in total. The van der Waals surface area contributed by atoms with Crippen molar-refractivity contribution in [1.29, 1.82) is 0 Å². The lowest BCUT2D eigenvalue weighted by Gasteiger charge is -2.17. The molecule has 26 heavy (non-hydrogen) atoms. The summed E-state index contributed by atoms with van der Waals surface area (Å²) in [7, 11) is 2.06. The lowest BCUT2D eigenvalue weighted by molar-refractivity contribution is 0.244. The highest BCUT2D eigenvalue weighted by molar-refractivity contribution is 7.71. The molecule has 3 rings (SSSR count). The van der Waals surface area contributed by atoms with Gasteiger partial charge in [0.1, 0.15) is 12.1 Å². The molecule has 0 N–H and O–H groups in total. The first-order valence-corrected chi connectivity index (χ1v) is 9.10. The smallest absolute Gasteiger partial charge is 0.203 e. The maximum absolute atomic E-state index is 5.62. The summed E-state index contributed by atoms with van der Waals surface area (Å²) < 4.78 is 9.98. The molecule has 6 heteroatoms. The van der Waals surface area contributed by atoms with E-state index in [0.717, 1.165) is 18.0 Å². The lowest BCUT2D eigenvalue weighted by atomic mass is 10.2. The van der Waals surface area contributed by atoms with Gasteiger partial charge in [-0.1, -0.05) is 30.3 Å². The largest absolute Gasteiger partial charge is 0.494 e. The number of para-hydroxylation sites is 1. The van der Waals surface area contributed by atoms with Crippen molar-refractivity contribution in [2.75, 3.05) is 13.7 Å². The van der Waals surface area contributed by atoms with Gasteiger partial charge in [-0.25, -0.2) is 4.68 Å². The Labute approximate surface area is 159 Å². The van der Waals surface area contributed by atoms with Crippen LogP contribution in [0.5, 0.6) is 5.75 Å². The lowest BCUT2D eigenvalue weighted by Crippen LogP contribution is -2.22. The molecule has 0 saturated carbocycles. The molecule has 1 heterocycles. The fourth-order valence-electron chi connectivity index (χ4n) is 2.88. The van der Waals surface area contributed by atoms with Crippen molar-refractivity contribution < 1.29 is 4.74 Å². The zero-order valence-corrected chi connectivity index (χ0v) is 16.2. The van der Waals surface area contributed by atoms with Gasteiger partial charge in [-0.2, -0.15) is 5.10 Å². The highest BCUT2D eigenvalue weighted by Gasteiger charge is 2.08. The Kier molecular flexibility index (Phi) is 5.85. The van der Waals surface area contributed by atoms with E-state index < -0.39 is 0 Å². The third-order valence-corrected chi connectivity index (χ3v) is 4.58. The Hall–Kier alpha value is -2.44. The van der Waals surface area contributed by atoms with Gasteiger partial charge in [0.05, 0.1) is 19.0 Å². The molecule has 0 amide bonds. The average Bonchev–Trinajstić information content (AvgIpc) is 2.98. The molecule has 1 aromatic heterocycles. The average molecular weight is 369 g/mol. The van der Waals surface area contributed by atoms with Gasteiger partial charge in [0.2, 0.25) is 4.77 Å². The molecule has 0 aliphatic heterocycles. The van der Waals surface area contributed by atoms with Crippen LogP contribution in [0, 0.1) is 11.7 Å². The Morgan fingerprint density at radius 1 is 1.12 bits per heavy atom. The van der Waals surface area contributed by atoms with Crippen LogP contribution in [-0.2, 0) is 13.2 Å². The van der Waals surface area contributed by atoms with Gasteiger partial charge in [-0.05, 0) is 62.4 Å². The molecule has 0 saturated heterocycles. The summed E-state index contributed by atoms with van der Waals surface area (Å²) in [6.45, 7) is 6.19. The van der Waals surface area contributed by atoms with Gasteiger partial charge < -0.3 is 4.74 Å². The van der Waals surface area contributed by atoms with E-state index in [2.05, 4.69) is 48.2 Å². The minimum Gasteiger partial charge on any atom is -0.494 e. The molecule has 0 fully saturated rings. The number of ether oxygens (including phenoxy) is 1. The number of nitrogens with zero attached hydrogens (tertiary/aromatic N) is 4. The number of aryl methyl sites for hydroxylation is 1. The maximum Gasteiger partial charge on any atom is 0.203 e. The molecule has 2 aromatic carbocycles. The van der Waals surface area contributed by atoms with Crippen LogP contribution in [0.1, 0.15) is 18.1 Å². The summed E-state index contributed by atoms with van der Waals surface area (Å²) >= 11 is 5.62. The minimum atomic E-state index is 0.630. The van der Waals surface area contributed by atoms with E-state index in [9.17, 15) is 0 Å². The third kappa shape index (κ3) is 4.20. The number of hydrogen-bond donors (Lipinski definition) is 0. The van der Waals surface area contributed by atoms with E-state index in [4.69, 9.17) is 17.0 Å². The van der Waals surface area contributed by atoms with Gasteiger partial charge in [0.25, 0.3) is 0 Å². The van der Waals surface area contributed by atoms with Crippen LogP contribution in [0.4, 0.5) is 0 Å². The van der Waals surface area contributed by atoms with E-state index in [0.29, 0.717) is 18.0 Å². The van der Waals surface area contributed by atoms with Gasteiger partial charge >= 0.3 is 0 Å². The zero-order valence-electron chi connectivity index (χ0n) is 15.4. The van der Waals surface area contributed by atoms with Crippen LogP contribution in [0.25, 0.3) is 5.69 Å². The Bertz CT molecular complexity index is 914. The second-order valence-electron chi connectivity index (χ2n) is 6.30. The Morgan fingerprint density at radius 3 is 2.54 bits per heavy atom. The predicted molar refractivity (Wildman–Crippen MR) is 106 cm³/mol. The standard InChI is InChI=1S/C20H24N4OS/c1-4-25-18-11-9-17(10-12-18)13-22(3)15-24-20(26)23(14-21-24)19-8-6-5-7-16(19)2/h5-12,14H,4,13,15H2,1-3H3. The van der Waals surface area contributed by atoms with Crippen LogP contribution in [-0.4, -0.2) is 32.9 Å². The molecule has 0 spiro atoms. The fourth-order valence-corrected chi connectivity index (χ4v) is 3.13. The normalized spacial score (nSPS) is 11.1. The van der Waals surface area contributed by atoms with E-state index in [-0.39, 0.29) is 0 Å². The summed E-state index contributed by atoms with van der Waals surface area (Å²) in [5.74, 6) is 0.901. The number of benzene rings is 2. The molecule has 136 valence electrons. The van der Waals surface area contributed by atoms with Crippen molar-refractivity contribution in [3.05, 3.63) is 70.8 Å². The van der Waals surface area contributed by atoms with Crippen molar-refractivity contribution >= 4 is 12.2 Å². The van der Waals surface area contributed by atoms with Gasteiger partial charge in [0, 0.05) is 6.54 Å². The number of aromatic nitrogens is 3. The van der Waals surface area contributed by atoms with Crippen molar-refractivity contribution in [3.8, 4) is 11.4 Å². The third-order valence-electron chi connectivity index (χ3n) is 4.17. The molecule has 0 aliphatic carbocycles. The van der Waals surface area contributed by atoms with Gasteiger partial charge in [-0.15, -0.1) is 0 Å². The molecule has 0 radical (unpaired) electrons. The van der Waals surface area contributed by atoms with Crippen molar-refractivity contribution in [2.24, 2.45) is 0 Å². The van der Waals surface area contributed by atoms with Crippen molar-refractivity contribution in [2.45, 2.75) is 27.1 Å². The predicted octanol–water partition coefficient (Wildman–Crippen LogP) is 4.20. The summed E-state index contributed by atoms with van der Waals surface area (Å²) in [5, 5.41) is 4.47. The number of hydrogen-bond acceptors (Lipinski definition) is 4. The molecule has 0 bridgehead atoms. The van der Waals surface area contributed by atoms with Crippen LogP contribution in [0.15, 0.2) is 54.9 Å². The second kappa shape index (κ2) is 8.29. The first-order valence-electron chi connectivity index (χ1n) is 8.69. The van der Waals surface area contributed by atoms with Gasteiger partial charge in [-0.3, -0.25) is 9.47 Å². The van der Waals surface area contributed by atoms with Gasteiger partial charge in [0.15, 0.2) is 0 Å². The molecule has 0 unspecified atom stereocenters. The van der Waals surface area contributed by atoms with Crippen molar-refractivity contribution in [3.63, 3.8) is 0 Å². The molecule has 0 atom stereocenters. The molecular formula is C20H24N4OS. The van der Waals surface area contributed by atoms with Crippen LogP contribution in [0.3, 0.4) is 0 Å². The Balaban J connectivity index is 1.69. The van der Waals surface area contributed by atoms with Crippen LogP contribution in [0.2, 0.25) is 0 Å². The minimum absolute atomic E-state index is 0.630. The summed E-state index contributed by atoms with van der Waals surface area (Å²) in [4.78, 5) is 2.18. The fraction of sp³-hybridized carbons (Fsp3) is 0.300. The highest BCUT2D eigenvalue weighted by Crippen LogP contribution is 2.15. The van der Waals surface area contributed by atoms with Crippen LogP contribution < -0.4 is 4.74 Å². The first kappa shape index (κ1) is 18.4. The number of rotatable bonds is 7. The summed E-state index contributed by atoms with van der Waals surface area (Å²) in [5.41, 5.74) is 3.46. The summed E-state index contributed by atoms with van der Waals surface area (Å²) in [6.07, 6.45) is 1.79. The van der Waals surface area contributed by atoms with Crippen LogP contribution >= 0.6 is 12.2 Å². The topological polar surface area (TPSA) is 35.2 Å². The Morgan fingerprint density at radius 2 is 1.85 bits per heavy atom. The summed E-state index contributed by atoms with van der Waals surface area (Å²) in [6, 6.07) is 16.4. The molecule has 0 aliphatic rings. The zero-order chi connectivity index (χ0) is 18.5. The first-order chi connectivity index (χ1) is 12.6. The van der Waals surface area contributed by atoms with E-state index in [1.165, 1.54) is 11.1 Å². The van der Waals surface area contributed by atoms with E-state index in [1.807, 2.05) is 40.4 Å². The highest BCUT2D eigenvalue weighted by atomic mass is 32.1. The monoisotopic (exact) mass is 368 g/mol. The molecule has 3 aromatic rings. The van der Waals surface area contributed by atoms with E-state index >= 15 is 0 Å². The maximum atomic E-state index is 5.62. The quantitative estimate of drug-likeness (QED) is 0.586. The SMILES string of the molecule is CCOc1ccc(CN(C)Cn2ncn(-c3ccccc3C)c2=S)cc1.